The summed E-state index contributed by atoms with van der Waals surface area (Å²) in [5, 5.41) is 6.10. The molecule has 0 radical (unpaired) electrons. The van der Waals surface area contributed by atoms with Crippen LogP contribution in [0.3, 0.4) is 0 Å². The van der Waals surface area contributed by atoms with Gasteiger partial charge in [-0.3, -0.25) is 0 Å². The van der Waals surface area contributed by atoms with Crippen LogP contribution in [-0.2, 0) is 0 Å². The van der Waals surface area contributed by atoms with Gasteiger partial charge in [-0.05, 0) is 38.3 Å². The Hall–Kier alpha value is -2.24. The van der Waals surface area contributed by atoms with E-state index in [0.29, 0.717) is 17.7 Å². The fourth-order valence-corrected chi connectivity index (χ4v) is 2.24. The zero-order valence-electron chi connectivity index (χ0n) is 13.2. The second-order valence-corrected chi connectivity index (χ2v) is 5.96. The van der Waals surface area contributed by atoms with E-state index in [1.165, 1.54) is 12.1 Å². The van der Waals surface area contributed by atoms with Crippen LogP contribution in [0.2, 0.25) is 0 Å². The van der Waals surface area contributed by atoms with Gasteiger partial charge in [0.05, 0.1) is 11.4 Å². The summed E-state index contributed by atoms with van der Waals surface area (Å²) in [6.45, 7) is 4.12. The summed E-state index contributed by atoms with van der Waals surface area (Å²) in [5.74, 6) is -0.367. The Morgan fingerprint density at radius 1 is 1.26 bits per heavy atom. The molecule has 1 aromatic heterocycles. The van der Waals surface area contributed by atoms with Gasteiger partial charge in [0.15, 0.2) is 11.6 Å². The van der Waals surface area contributed by atoms with Gasteiger partial charge in [0.25, 0.3) is 0 Å². The molecule has 0 bridgehead atoms. The van der Waals surface area contributed by atoms with E-state index in [1.807, 2.05) is 13.0 Å². The van der Waals surface area contributed by atoms with Crippen molar-refractivity contribution < 1.29 is 8.78 Å². The molecule has 1 aliphatic carbocycles. The maximum atomic E-state index is 13.8. The average molecular weight is 318 g/mol. The van der Waals surface area contributed by atoms with Gasteiger partial charge in [0.2, 0.25) is 5.95 Å². The molecule has 0 amide bonds. The standard InChI is InChI=1S/C17H20F2N4/c1-3-10(2)20-17-22-14(11-7-8-11)9-15(23-17)21-13-6-4-5-12(18)16(13)19/h4-6,9-11H,3,7-8H2,1-2H3,(H2,20,21,22,23)/t10-/m1/s1. The van der Waals surface area contributed by atoms with Gasteiger partial charge < -0.3 is 10.6 Å². The molecule has 1 aliphatic rings. The maximum Gasteiger partial charge on any atom is 0.225 e. The highest BCUT2D eigenvalue weighted by Gasteiger charge is 2.26. The fraction of sp³-hybridized carbons (Fsp3) is 0.412. The topological polar surface area (TPSA) is 49.8 Å². The molecular formula is C17H20F2N4. The summed E-state index contributed by atoms with van der Waals surface area (Å²) in [7, 11) is 0. The molecule has 1 heterocycles. The SMILES string of the molecule is CC[C@@H](C)Nc1nc(Nc2cccc(F)c2F)cc(C2CC2)n1. The van der Waals surface area contributed by atoms with Gasteiger partial charge in [-0.25, -0.2) is 13.8 Å². The number of anilines is 3. The molecule has 4 nitrogen and oxygen atoms in total. The quantitative estimate of drug-likeness (QED) is 0.818. The Bertz CT molecular complexity index is 701. The van der Waals surface area contributed by atoms with Crippen LogP contribution in [0, 0.1) is 11.6 Å². The highest BCUT2D eigenvalue weighted by atomic mass is 19.2. The van der Waals surface area contributed by atoms with Crippen molar-refractivity contribution in [1.29, 1.82) is 0 Å². The van der Waals surface area contributed by atoms with Gasteiger partial charge in [-0.1, -0.05) is 13.0 Å². The zero-order valence-corrected chi connectivity index (χ0v) is 13.2. The predicted molar refractivity (Wildman–Crippen MR) is 87.0 cm³/mol. The van der Waals surface area contributed by atoms with E-state index >= 15 is 0 Å². The number of benzene rings is 1. The third-order valence-corrected chi connectivity index (χ3v) is 3.94. The largest absolute Gasteiger partial charge is 0.352 e. The third-order valence-electron chi connectivity index (χ3n) is 3.94. The first-order valence-corrected chi connectivity index (χ1v) is 7.93. The van der Waals surface area contributed by atoms with Gasteiger partial charge in [0.1, 0.15) is 5.82 Å². The Morgan fingerprint density at radius 3 is 2.74 bits per heavy atom. The number of aromatic nitrogens is 2. The lowest BCUT2D eigenvalue weighted by molar-refractivity contribution is 0.511. The number of rotatable bonds is 6. The molecule has 1 fully saturated rings. The minimum atomic E-state index is -0.907. The summed E-state index contributed by atoms with van der Waals surface area (Å²) in [6.07, 6.45) is 3.15. The van der Waals surface area contributed by atoms with Crippen LogP contribution in [0.25, 0.3) is 0 Å². The molecule has 6 heteroatoms. The molecule has 1 aromatic carbocycles. The predicted octanol–water partition coefficient (Wildman–Crippen LogP) is 4.59. The van der Waals surface area contributed by atoms with Crippen molar-refractivity contribution in [2.45, 2.75) is 45.1 Å². The van der Waals surface area contributed by atoms with Gasteiger partial charge >= 0.3 is 0 Å². The first-order chi connectivity index (χ1) is 11.1. The first kappa shape index (κ1) is 15.6. The molecule has 0 aliphatic heterocycles. The summed E-state index contributed by atoms with van der Waals surface area (Å²) < 4.78 is 27.2. The van der Waals surface area contributed by atoms with Crippen LogP contribution in [0.15, 0.2) is 24.3 Å². The van der Waals surface area contributed by atoms with Crippen LogP contribution in [-0.4, -0.2) is 16.0 Å². The van der Waals surface area contributed by atoms with Crippen LogP contribution >= 0.6 is 0 Å². The Kier molecular flexibility index (Phi) is 4.41. The normalized spacial score (nSPS) is 15.3. The molecule has 23 heavy (non-hydrogen) atoms. The molecule has 2 N–H and O–H groups in total. The van der Waals surface area contributed by atoms with Crippen molar-refractivity contribution in [2.75, 3.05) is 10.6 Å². The van der Waals surface area contributed by atoms with Crippen molar-refractivity contribution in [3.05, 3.63) is 41.6 Å². The van der Waals surface area contributed by atoms with E-state index in [1.54, 1.807) is 0 Å². The molecule has 1 atom stereocenters. The van der Waals surface area contributed by atoms with E-state index < -0.39 is 11.6 Å². The molecule has 0 spiro atoms. The lowest BCUT2D eigenvalue weighted by Gasteiger charge is -2.14. The smallest absolute Gasteiger partial charge is 0.225 e. The minimum absolute atomic E-state index is 0.0694. The van der Waals surface area contributed by atoms with Crippen molar-refractivity contribution in [3.8, 4) is 0 Å². The second-order valence-electron chi connectivity index (χ2n) is 5.96. The number of nitrogens with zero attached hydrogens (tertiary/aromatic N) is 2. The van der Waals surface area contributed by atoms with Crippen LogP contribution in [0.5, 0.6) is 0 Å². The van der Waals surface area contributed by atoms with Crippen LogP contribution < -0.4 is 10.6 Å². The molecule has 2 aromatic rings. The summed E-state index contributed by atoms with van der Waals surface area (Å²) in [4.78, 5) is 8.91. The first-order valence-electron chi connectivity index (χ1n) is 7.93. The van der Waals surface area contributed by atoms with Gasteiger partial charge in [-0.15, -0.1) is 0 Å². The number of hydrogen-bond donors (Lipinski definition) is 2. The number of hydrogen-bond acceptors (Lipinski definition) is 4. The fourth-order valence-electron chi connectivity index (χ4n) is 2.24. The highest BCUT2D eigenvalue weighted by molar-refractivity contribution is 5.58. The Morgan fingerprint density at radius 2 is 2.04 bits per heavy atom. The molecule has 1 saturated carbocycles. The number of halogens is 2. The van der Waals surface area contributed by atoms with E-state index in [9.17, 15) is 8.78 Å². The highest BCUT2D eigenvalue weighted by Crippen LogP contribution is 2.40. The number of nitrogens with one attached hydrogen (secondary N) is 2. The summed E-state index contributed by atoms with van der Waals surface area (Å²) in [6, 6.07) is 6.08. The molecule has 0 unspecified atom stereocenters. The van der Waals surface area contributed by atoms with Gasteiger partial charge in [-0.2, -0.15) is 4.98 Å². The lowest BCUT2D eigenvalue weighted by Crippen LogP contribution is -2.16. The van der Waals surface area contributed by atoms with Crippen molar-refractivity contribution >= 4 is 17.5 Å². The summed E-state index contributed by atoms with van der Waals surface area (Å²) in [5.41, 5.74) is 1.00. The molecular weight excluding hydrogens is 298 g/mol. The Balaban J connectivity index is 1.89. The van der Waals surface area contributed by atoms with E-state index in [0.717, 1.165) is 31.0 Å². The monoisotopic (exact) mass is 318 g/mol. The third kappa shape index (κ3) is 3.75. The van der Waals surface area contributed by atoms with Crippen molar-refractivity contribution in [3.63, 3.8) is 0 Å². The summed E-state index contributed by atoms with van der Waals surface area (Å²) >= 11 is 0. The minimum Gasteiger partial charge on any atom is -0.352 e. The van der Waals surface area contributed by atoms with Crippen molar-refractivity contribution in [2.24, 2.45) is 0 Å². The van der Waals surface area contributed by atoms with E-state index in [2.05, 4.69) is 27.5 Å². The Labute approximate surface area is 134 Å². The zero-order chi connectivity index (χ0) is 16.4. The average Bonchev–Trinajstić information content (AvgIpc) is 3.36. The maximum absolute atomic E-state index is 13.8. The molecule has 122 valence electrons. The second kappa shape index (κ2) is 6.48. The molecule has 0 saturated heterocycles. The van der Waals surface area contributed by atoms with Crippen LogP contribution in [0.4, 0.5) is 26.2 Å². The van der Waals surface area contributed by atoms with Gasteiger partial charge in [0, 0.05) is 18.0 Å². The van der Waals surface area contributed by atoms with Crippen LogP contribution in [0.1, 0.15) is 44.7 Å². The lowest BCUT2D eigenvalue weighted by atomic mass is 10.2. The van der Waals surface area contributed by atoms with Crippen molar-refractivity contribution in [1.82, 2.24) is 9.97 Å². The van der Waals surface area contributed by atoms with E-state index in [-0.39, 0.29) is 11.7 Å². The molecule has 3 rings (SSSR count). The van der Waals surface area contributed by atoms with E-state index in [4.69, 9.17) is 0 Å².